The Balaban J connectivity index is 2.02. The predicted octanol–water partition coefficient (Wildman–Crippen LogP) is 3.79. The molecule has 1 aliphatic heterocycles. The molecule has 0 radical (unpaired) electrons. The van der Waals surface area contributed by atoms with Crippen LogP contribution in [0.5, 0.6) is 11.5 Å². The molecule has 0 bridgehead atoms. The Morgan fingerprint density at radius 3 is 2.56 bits per heavy atom. The molecule has 2 aromatic carbocycles. The summed E-state index contributed by atoms with van der Waals surface area (Å²) in [6.07, 6.45) is 0. The SMILES string of the molecule is COCOc1cc(-c2ccc3c(c2)C(C)(C)CO3)ccc1C(=O)OC. The molecule has 5 heteroatoms. The summed E-state index contributed by atoms with van der Waals surface area (Å²) in [5, 5.41) is 0. The van der Waals surface area contributed by atoms with Gasteiger partial charge in [0.1, 0.15) is 17.1 Å². The highest BCUT2D eigenvalue weighted by Gasteiger charge is 2.31. The molecule has 0 saturated heterocycles. The minimum atomic E-state index is -0.443. The van der Waals surface area contributed by atoms with E-state index >= 15 is 0 Å². The van der Waals surface area contributed by atoms with Gasteiger partial charge in [0, 0.05) is 18.1 Å². The van der Waals surface area contributed by atoms with Crippen LogP contribution < -0.4 is 9.47 Å². The van der Waals surface area contributed by atoms with Gasteiger partial charge in [0.05, 0.1) is 13.7 Å². The second-order valence-electron chi connectivity index (χ2n) is 6.64. The Bertz CT molecular complexity index is 795. The number of rotatable bonds is 5. The third kappa shape index (κ3) is 3.33. The van der Waals surface area contributed by atoms with Crippen LogP contribution in [0.2, 0.25) is 0 Å². The average Bonchev–Trinajstić information content (AvgIpc) is 2.93. The molecule has 0 aromatic heterocycles. The first-order valence-electron chi connectivity index (χ1n) is 8.08. The first-order valence-corrected chi connectivity index (χ1v) is 8.08. The monoisotopic (exact) mass is 342 g/mol. The molecule has 0 amide bonds. The molecular formula is C20H22O5. The Hall–Kier alpha value is -2.53. The highest BCUT2D eigenvalue weighted by molar-refractivity contribution is 5.93. The molecule has 0 saturated carbocycles. The summed E-state index contributed by atoms with van der Waals surface area (Å²) in [5.41, 5.74) is 3.52. The zero-order chi connectivity index (χ0) is 18.0. The van der Waals surface area contributed by atoms with Crippen LogP contribution in [0.1, 0.15) is 29.8 Å². The number of hydrogen-bond donors (Lipinski definition) is 0. The Labute approximate surface area is 147 Å². The van der Waals surface area contributed by atoms with E-state index in [9.17, 15) is 4.79 Å². The highest BCUT2D eigenvalue weighted by Crippen LogP contribution is 2.41. The maximum Gasteiger partial charge on any atom is 0.341 e. The quantitative estimate of drug-likeness (QED) is 0.611. The molecule has 5 nitrogen and oxygen atoms in total. The summed E-state index contributed by atoms with van der Waals surface area (Å²) < 4.78 is 21.1. The number of ether oxygens (including phenoxy) is 4. The summed E-state index contributed by atoms with van der Waals surface area (Å²) >= 11 is 0. The van der Waals surface area contributed by atoms with Crippen LogP contribution in [-0.4, -0.2) is 33.6 Å². The van der Waals surface area contributed by atoms with E-state index in [2.05, 4.69) is 19.9 Å². The molecule has 0 unspecified atom stereocenters. The van der Waals surface area contributed by atoms with Gasteiger partial charge in [-0.15, -0.1) is 0 Å². The van der Waals surface area contributed by atoms with Crippen molar-refractivity contribution in [3.63, 3.8) is 0 Å². The van der Waals surface area contributed by atoms with Crippen LogP contribution in [0.25, 0.3) is 11.1 Å². The van der Waals surface area contributed by atoms with Gasteiger partial charge in [-0.05, 0) is 35.4 Å². The molecule has 1 aliphatic rings. The van der Waals surface area contributed by atoms with Gasteiger partial charge in [-0.25, -0.2) is 4.79 Å². The van der Waals surface area contributed by atoms with Crippen molar-refractivity contribution in [1.82, 2.24) is 0 Å². The minimum absolute atomic E-state index is 0.0211. The van der Waals surface area contributed by atoms with E-state index in [-0.39, 0.29) is 12.2 Å². The van der Waals surface area contributed by atoms with E-state index in [1.54, 1.807) is 6.07 Å². The minimum Gasteiger partial charge on any atom is -0.492 e. The number of esters is 1. The molecule has 0 aliphatic carbocycles. The molecule has 132 valence electrons. The first kappa shape index (κ1) is 17.3. The van der Waals surface area contributed by atoms with Gasteiger partial charge in [0.2, 0.25) is 0 Å². The van der Waals surface area contributed by atoms with Crippen LogP contribution in [0.3, 0.4) is 0 Å². The van der Waals surface area contributed by atoms with Crippen molar-refractivity contribution in [2.45, 2.75) is 19.3 Å². The molecule has 1 heterocycles. The lowest BCUT2D eigenvalue weighted by atomic mass is 9.85. The highest BCUT2D eigenvalue weighted by atomic mass is 16.7. The molecule has 0 fully saturated rings. The maximum absolute atomic E-state index is 11.9. The Morgan fingerprint density at radius 2 is 1.84 bits per heavy atom. The van der Waals surface area contributed by atoms with Crippen LogP contribution in [0.15, 0.2) is 36.4 Å². The van der Waals surface area contributed by atoms with E-state index in [1.165, 1.54) is 19.8 Å². The molecule has 0 spiro atoms. The van der Waals surface area contributed by atoms with Crippen molar-refractivity contribution in [3.05, 3.63) is 47.5 Å². The van der Waals surface area contributed by atoms with E-state index in [4.69, 9.17) is 18.9 Å². The van der Waals surface area contributed by atoms with E-state index in [0.29, 0.717) is 17.9 Å². The van der Waals surface area contributed by atoms with Gasteiger partial charge in [-0.2, -0.15) is 0 Å². The zero-order valence-corrected chi connectivity index (χ0v) is 14.9. The standard InChI is InChI=1S/C20H22O5/c1-20(2)11-24-17-8-6-13(9-16(17)20)14-5-7-15(19(21)23-4)18(10-14)25-12-22-3/h5-10H,11-12H2,1-4H3. The summed E-state index contributed by atoms with van der Waals surface area (Å²) in [6.45, 7) is 5.06. The third-order valence-electron chi connectivity index (χ3n) is 4.35. The van der Waals surface area contributed by atoms with Gasteiger partial charge in [0.15, 0.2) is 6.79 Å². The summed E-state index contributed by atoms with van der Waals surface area (Å²) in [4.78, 5) is 11.9. The number of fused-ring (bicyclic) bond motifs is 1. The lowest BCUT2D eigenvalue weighted by Gasteiger charge is -2.16. The number of carbonyl (C=O) groups is 1. The fourth-order valence-corrected chi connectivity index (χ4v) is 2.92. The van der Waals surface area contributed by atoms with Crippen molar-refractivity contribution >= 4 is 5.97 Å². The van der Waals surface area contributed by atoms with Crippen LogP contribution in [-0.2, 0) is 14.9 Å². The third-order valence-corrected chi connectivity index (χ3v) is 4.35. The van der Waals surface area contributed by atoms with Gasteiger partial charge >= 0.3 is 5.97 Å². The molecule has 2 aromatic rings. The van der Waals surface area contributed by atoms with E-state index in [0.717, 1.165) is 16.9 Å². The van der Waals surface area contributed by atoms with Crippen LogP contribution in [0, 0.1) is 0 Å². The number of hydrogen-bond acceptors (Lipinski definition) is 5. The Kier molecular flexibility index (Phi) is 4.68. The normalized spacial score (nSPS) is 14.6. The molecule has 0 N–H and O–H groups in total. The molecular weight excluding hydrogens is 320 g/mol. The van der Waals surface area contributed by atoms with Gasteiger partial charge in [0.25, 0.3) is 0 Å². The van der Waals surface area contributed by atoms with Gasteiger partial charge in [-0.1, -0.05) is 26.0 Å². The van der Waals surface area contributed by atoms with Gasteiger partial charge in [-0.3, -0.25) is 0 Å². The predicted molar refractivity (Wildman–Crippen MR) is 94.2 cm³/mol. The zero-order valence-electron chi connectivity index (χ0n) is 14.9. The second kappa shape index (κ2) is 6.76. The maximum atomic E-state index is 11.9. The largest absolute Gasteiger partial charge is 0.492 e. The summed E-state index contributed by atoms with van der Waals surface area (Å²) in [7, 11) is 2.88. The Morgan fingerprint density at radius 1 is 1.12 bits per heavy atom. The van der Waals surface area contributed by atoms with Crippen molar-refractivity contribution < 1.29 is 23.7 Å². The smallest absolute Gasteiger partial charge is 0.341 e. The van der Waals surface area contributed by atoms with Crippen molar-refractivity contribution in [2.75, 3.05) is 27.6 Å². The van der Waals surface area contributed by atoms with Crippen LogP contribution in [0.4, 0.5) is 0 Å². The fourth-order valence-electron chi connectivity index (χ4n) is 2.92. The molecule has 25 heavy (non-hydrogen) atoms. The number of benzene rings is 2. The first-order chi connectivity index (χ1) is 12.0. The van der Waals surface area contributed by atoms with Crippen LogP contribution >= 0.6 is 0 Å². The lowest BCUT2D eigenvalue weighted by Crippen LogP contribution is -2.18. The van der Waals surface area contributed by atoms with E-state index in [1.807, 2.05) is 24.3 Å². The fraction of sp³-hybridized carbons (Fsp3) is 0.350. The molecule has 0 atom stereocenters. The average molecular weight is 342 g/mol. The second-order valence-corrected chi connectivity index (χ2v) is 6.64. The van der Waals surface area contributed by atoms with Crippen molar-refractivity contribution in [1.29, 1.82) is 0 Å². The van der Waals surface area contributed by atoms with Gasteiger partial charge < -0.3 is 18.9 Å². The number of methoxy groups -OCH3 is 2. The van der Waals surface area contributed by atoms with E-state index < -0.39 is 5.97 Å². The van der Waals surface area contributed by atoms with Crippen molar-refractivity contribution in [3.8, 4) is 22.6 Å². The summed E-state index contributed by atoms with van der Waals surface area (Å²) in [6, 6.07) is 11.6. The topological polar surface area (TPSA) is 54.0 Å². The number of carbonyl (C=O) groups excluding carboxylic acids is 1. The van der Waals surface area contributed by atoms with Crippen molar-refractivity contribution in [2.24, 2.45) is 0 Å². The lowest BCUT2D eigenvalue weighted by molar-refractivity contribution is 0.0465. The summed E-state index contributed by atoms with van der Waals surface area (Å²) in [5.74, 6) is 0.916. The molecule has 3 rings (SSSR count).